The zero-order valence-electron chi connectivity index (χ0n) is 13.0. The largest absolute Gasteiger partial charge is 0.394 e. The minimum absolute atomic E-state index is 0.00534. The summed E-state index contributed by atoms with van der Waals surface area (Å²) in [7, 11) is 2.27. The van der Waals surface area contributed by atoms with Gasteiger partial charge in [0.1, 0.15) is 0 Å². The van der Waals surface area contributed by atoms with Gasteiger partial charge in [-0.15, -0.1) is 0 Å². The Bertz CT molecular complexity index is 278. The van der Waals surface area contributed by atoms with E-state index < -0.39 is 0 Å². The predicted molar refractivity (Wildman–Crippen MR) is 80.3 cm³/mol. The Morgan fingerprint density at radius 2 is 2.00 bits per heavy atom. The lowest BCUT2D eigenvalue weighted by molar-refractivity contribution is 0.0932. The Kier molecular flexibility index (Phi) is 5.27. The van der Waals surface area contributed by atoms with Gasteiger partial charge in [0, 0.05) is 17.6 Å². The van der Waals surface area contributed by atoms with E-state index in [0.29, 0.717) is 18.6 Å². The number of hydrogen-bond donors (Lipinski definition) is 2. The van der Waals surface area contributed by atoms with Crippen molar-refractivity contribution in [1.29, 1.82) is 0 Å². The quantitative estimate of drug-likeness (QED) is 0.744. The maximum atomic E-state index is 9.89. The fourth-order valence-electron chi connectivity index (χ4n) is 3.95. The maximum Gasteiger partial charge on any atom is 0.0616 e. The summed E-state index contributed by atoms with van der Waals surface area (Å²) >= 11 is 0. The Labute approximate surface area is 118 Å². The fourth-order valence-corrected chi connectivity index (χ4v) is 3.95. The van der Waals surface area contributed by atoms with Gasteiger partial charge in [-0.2, -0.15) is 0 Å². The van der Waals surface area contributed by atoms with E-state index in [1.54, 1.807) is 0 Å². The number of nitrogens with one attached hydrogen (secondary N) is 1. The van der Waals surface area contributed by atoms with Crippen LogP contribution in [0.25, 0.3) is 0 Å². The number of rotatable bonds is 7. The van der Waals surface area contributed by atoms with Gasteiger partial charge in [0.25, 0.3) is 0 Å². The molecule has 3 heteroatoms. The van der Waals surface area contributed by atoms with Crippen molar-refractivity contribution >= 4 is 0 Å². The number of aliphatic hydroxyl groups is 1. The Balaban J connectivity index is 1.86. The molecule has 0 amide bonds. The van der Waals surface area contributed by atoms with Crippen molar-refractivity contribution in [3.05, 3.63) is 0 Å². The van der Waals surface area contributed by atoms with Crippen molar-refractivity contribution in [2.75, 3.05) is 20.2 Å². The molecule has 2 fully saturated rings. The van der Waals surface area contributed by atoms with Crippen LogP contribution in [0.2, 0.25) is 0 Å². The van der Waals surface area contributed by atoms with E-state index >= 15 is 0 Å². The highest BCUT2D eigenvalue weighted by Crippen LogP contribution is 2.38. The zero-order chi connectivity index (χ0) is 13.9. The van der Waals surface area contributed by atoms with E-state index in [0.717, 1.165) is 12.5 Å². The molecule has 3 nitrogen and oxygen atoms in total. The van der Waals surface area contributed by atoms with E-state index in [4.69, 9.17) is 0 Å². The van der Waals surface area contributed by atoms with E-state index in [2.05, 4.69) is 31.1 Å². The van der Waals surface area contributed by atoms with Crippen LogP contribution in [0.15, 0.2) is 0 Å². The molecule has 0 aromatic rings. The number of aliphatic hydroxyl groups excluding tert-OH is 1. The third-order valence-electron chi connectivity index (χ3n) is 5.34. The van der Waals surface area contributed by atoms with Crippen molar-refractivity contribution in [3.63, 3.8) is 0 Å². The first-order valence-corrected chi connectivity index (χ1v) is 8.16. The van der Waals surface area contributed by atoms with Crippen LogP contribution in [0, 0.1) is 5.92 Å². The van der Waals surface area contributed by atoms with Crippen molar-refractivity contribution in [1.82, 2.24) is 10.2 Å². The van der Waals surface area contributed by atoms with Gasteiger partial charge in [-0.25, -0.2) is 0 Å². The lowest BCUT2D eigenvalue weighted by Crippen LogP contribution is -2.54. The predicted octanol–water partition coefficient (Wildman–Crippen LogP) is 2.39. The molecule has 0 aromatic carbocycles. The van der Waals surface area contributed by atoms with Crippen molar-refractivity contribution in [3.8, 4) is 0 Å². The first-order valence-electron chi connectivity index (χ1n) is 8.16. The monoisotopic (exact) mass is 268 g/mol. The molecule has 2 atom stereocenters. The summed E-state index contributed by atoms with van der Waals surface area (Å²) in [6, 6.07) is 1.29. The number of hydrogen-bond acceptors (Lipinski definition) is 3. The van der Waals surface area contributed by atoms with Gasteiger partial charge in [-0.05, 0) is 51.6 Å². The average Bonchev–Trinajstić information content (AvgIpc) is 2.66. The van der Waals surface area contributed by atoms with Crippen LogP contribution < -0.4 is 5.32 Å². The molecule has 0 radical (unpaired) electrons. The summed E-state index contributed by atoms with van der Waals surface area (Å²) in [5, 5.41) is 13.6. The maximum absolute atomic E-state index is 9.89. The highest BCUT2D eigenvalue weighted by atomic mass is 16.3. The zero-order valence-corrected chi connectivity index (χ0v) is 13.0. The Morgan fingerprint density at radius 1 is 1.26 bits per heavy atom. The Morgan fingerprint density at radius 3 is 2.53 bits per heavy atom. The minimum Gasteiger partial charge on any atom is -0.394 e. The smallest absolute Gasteiger partial charge is 0.0616 e. The average molecular weight is 268 g/mol. The van der Waals surface area contributed by atoms with Gasteiger partial charge in [0.05, 0.1) is 6.61 Å². The summed E-state index contributed by atoms with van der Waals surface area (Å²) in [6.45, 7) is 5.86. The molecule has 2 saturated carbocycles. The topological polar surface area (TPSA) is 35.5 Å². The first kappa shape index (κ1) is 15.3. The molecule has 0 spiro atoms. The second kappa shape index (κ2) is 6.55. The SMILES string of the molecule is CC(C)NC1(CO)CCCC1CCN(C)C1CCC1. The molecule has 0 aliphatic heterocycles. The highest BCUT2D eigenvalue weighted by molar-refractivity contribution is 5.00. The summed E-state index contributed by atoms with van der Waals surface area (Å²) in [4.78, 5) is 2.54. The van der Waals surface area contributed by atoms with Gasteiger partial charge in [0.15, 0.2) is 0 Å². The minimum atomic E-state index is -0.00534. The van der Waals surface area contributed by atoms with Gasteiger partial charge in [-0.3, -0.25) is 0 Å². The normalized spacial score (nSPS) is 32.2. The standard InChI is InChI=1S/C16H32N2O/c1-13(2)17-16(12-19)10-5-6-14(16)9-11-18(3)15-7-4-8-15/h13-15,17,19H,4-12H2,1-3H3. The molecule has 2 aliphatic carbocycles. The molecule has 19 heavy (non-hydrogen) atoms. The lowest BCUT2D eigenvalue weighted by Gasteiger charge is -2.39. The molecule has 112 valence electrons. The summed E-state index contributed by atoms with van der Waals surface area (Å²) in [6.07, 6.45) is 9.09. The van der Waals surface area contributed by atoms with Crippen molar-refractivity contribution in [2.24, 2.45) is 5.92 Å². The second-order valence-electron chi connectivity index (χ2n) is 7.06. The van der Waals surface area contributed by atoms with Crippen LogP contribution in [0.4, 0.5) is 0 Å². The van der Waals surface area contributed by atoms with Crippen LogP contribution in [-0.4, -0.2) is 47.8 Å². The van der Waals surface area contributed by atoms with Gasteiger partial charge in [0.2, 0.25) is 0 Å². The van der Waals surface area contributed by atoms with E-state index in [1.807, 2.05) is 0 Å². The molecule has 2 aliphatic rings. The third kappa shape index (κ3) is 3.50. The molecule has 0 saturated heterocycles. The van der Waals surface area contributed by atoms with Crippen LogP contribution in [0.1, 0.15) is 58.8 Å². The second-order valence-corrected chi connectivity index (χ2v) is 7.06. The third-order valence-corrected chi connectivity index (χ3v) is 5.34. The molecule has 0 bridgehead atoms. The van der Waals surface area contributed by atoms with E-state index in [1.165, 1.54) is 45.1 Å². The van der Waals surface area contributed by atoms with Gasteiger partial charge >= 0.3 is 0 Å². The van der Waals surface area contributed by atoms with Crippen LogP contribution in [-0.2, 0) is 0 Å². The molecule has 2 unspecified atom stereocenters. The Hall–Kier alpha value is -0.120. The van der Waals surface area contributed by atoms with Crippen LogP contribution >= 0.6 is 0 Å². The molecular formula is C16H32N2O. The highest BCUT2D eigenvalue weighted by Gasteiger charge is 2.42. The van der Waals surface area contributed by atoms with Crippen LogP contribution in [0.5, 0.6) is 0 Å². The fraction of sp³-hybridized carbons (Fsp3) is 1.00. The molecule has 2 N–H and O–H groups in total. The van der Waals surface area contributed by atoms with Gasteiger partial charge in [-0.1, -0.05) is 26.7 Å². The first-order chi connectivity index (χ1) is 9.07. The van der Waals surface area contributed by atoms with Gasteiger partial charge < -0.3 is 15.3 Å². The molecule has 2 rings (SSSR count). The van der Waals surface area contributed by atoms with E-state index in [9.17, 15) is 5.11 Å². The van der Waals surface area contributed by atoms with Crippen LogP contribution in [0.3, 0.4) is 0 Å². The summed E-state index contributed by atoms with van der Waals surface area (Å²) in [5.74, 6) is 0.641. The van der Waals surface area contributed by atoms with Crippen molar-refractivity contribution < 1.29 is 5.11 Å². The summed E-state index contributed by atoms with van der Waals surface area (Å²) in [5.41, 5.74) is -0.00534. The number of nitrogens with zero attached hydrogens (tertiary/aromatic N) is 1. The summed E-state index contributed by atoms with van der Waals surface area (Å²) < 4.78 is 0. The molecule has 0 aromatic heterocycles. The molecule has 0 heterocycles. The van der Waals surface area contributed by atoms with Crippen molar-refractivity contribution in [2.45, 2.75) is 76.4 Å². The lowest BCUT2D eigenvalue weighted by atomic mass is 9.84. The molecular weight excluding hydrogens is 236 g/mol. The van der Waals surface area contributed by atoms with E-state index in [-0.39, 0.29) is 5.54 Å².